The van der Waals surface area contributed by atoms with E-state index in [1.807, 2.05) is 32.0 Å². The third kappa shape index (κ3) is 6.09. The molecule has 0 spiro atoms. The molecule has 0 bridgehead atoms. The highest BCUT2D eigenvalue weighted by molar-refractivity contribution is 5.78. The zero-order valence-electron chi connectivity index (χ0n) is 19.2. The van der Waals surface area contributed by atoms with Gasteiger partial charge in [-0.05, 0) is 42.5 Å². The van der Waals surface area contributed by atoms with E-state index < -0.39 is 0 Å². The quantitative estimate of drug-likeness (QED) is 0.426. The lowest BCUT2D eigenvalue weighted by Crippen LogP contribution is -2.30. The minimum atomic E-state index is -0.000330. The molecular weight excluding hydrogens is 386 g/mol. The second-order valence-electron chi connectivity index (χ2n) is 8.61. The fourth-order valence-corrected chi connectivity index (χ4v) is 3.71. The van der Waals surface area contributed by atoms with E-state index in [2.05, 4.69) is 54.1 Å². The van der Waals surface area contributed by atoms with Gasteiger partial charge in [-0.15, -0.1) is 0 Å². The number of rotatable bonds is 11. The summed E-state index contributed by atoms with van der Waals surface area (Å²) in [5.41, 5.74) is 3.42. The topological polar surface area (TPSA) is 56.2 Å². The first kappa shape index (κ1) is 22.9. The molecule has 1 N–H and O–H groups in total. The highest BCUT2D eigenvalue weighted by Crippen LogP contribution is 2.26. The molecule has 0 aliphatic rings. The van der Waals surface area contributed by atoms with Crippen LogP contribution in [0.3, 0.4) is 0 Å². The van der Waals surface area contributed by atoms with Gasteiger partial charge in [-0.1, -0.05) is 58.0 Å². The van der Waals surface area contributed by atoms with E-state index in [0.29, 0.717) is 19.1 Å². The van der Waals surface area contributed by atoms with Gasteiger partial charge in [-0.25, -0.2) is 4.98 Å². The van der Waals surface area contributed by atoms with E-state index in [0.717, 1.165) is 48.4 Å². The van der Waals surface area contributed by atoms with Gasteiger partial charge >= 0.3 is 0 Å². The molecule has 1 aromatic heterocycles. The Labute approximate surface area is 185 Å². The maximum atomic E-state index is 11.9. The Morgan fingerprint density at radius 1 is 1.03 bits per heavy atom. The van der Waals surface area contributed by atoms with Crippen LogP contribution in [0.15, 0.2) is 48.5 Å². The highest BCUT2D eigenvalue weighted by Gasteiger charge is 2.12. The standard InChI is InChI=1S/C26H35N3O2/c1-19(2)21-11-5-8-14-24(21)31-18-10-9-17-29-23-13-7-6-12-22(23)28-25(29)15-16-27-26(30)20(3)4/h5-8,11-14,19-20H,9-10,15-18H2,1-4H3,(H,27,30). The number of fused-ring (bicyclic) bond motifs is 1. The molecule has 0 aliphatic carbocycles. The fourth-order valence-electron chi connectivity index (χ4n) is 3.71. The summed E-state index contributed by atoms with van der Waals surface area (Å²) in [4.78, 5) is 16.7. The number of carbonyl (C=O) groups excluding carboxylic acids is 1. The van der Waals surface area contributed by atoms with Crippen LogP contribution in [-0.4, -0.2) is 28.6 Å². The van der Waals surface area contributed by atoms with Gasteiger partial charge < -0.3 is 14.6 Å². The largest absolute Gasteiger partial charge is 0.493 e. The molecule has 0 fully saturated rings. The second kappa shape index (κ2) is 11.0. The number of benzene rings is 2. The van der Waals surface area contributed by atoms with Crippen molar-refractivity contribution in [2.24, 2.45) is 5.92 Å². The Morgan fingerprint density at radius 3 is 2.55 bits per heavy atom. The zero-order chi connectivity index (χ0) is 22.2. The monoisotopic (exact) mass is 421 g/mol. The molecule has 3 aromatic rings. The minimum absolute atomic E-state index is 0.000330. The van der Waals surface area contributed by atoms with E-state index in [-0.39, 0.29) is 11.8 Å². The molecule has 0 atom stereocenters. The number of nitrogens with one attached hydrogen (secondary N) is 1. The molecule has 0 unspecified atom stereocenters. The van der Waals surface area contributed by atoms with Gasteiger partial charge in [0.05, 0.1) is 17.6 Å². The predicted octanol–water partition coefficient (Wildman–Crippen LogP) is 5.33. The lowest BCUT2D eigenvalue weighted by molar-refractivity contribution is -0.123. The molecule has 0 aliphatic heterocycles. The van der Waals surface area contributed by atoms with Crippen LogP contribution in [0.4, 0.5) is 0 Å². The van der Waals surface area contributed by atoms with Crippen LogP contribution in [-0.2, 0) is 17.8 Å². The third-order valence-electron chi connectivity index (χ3n) is 5.48. The summed E-state index contributed by atoms with van der Waals surface area (Å²) in [6.45, 7) is 10.4. The maximum Gasteiger partial charge on any atom is 0.222 e. The Hall–Kier alpha value is -2.82. The van der Waals surface area contributed by atoms with Crippen LogP contribution >= 0.6 is 0 Å². The van der Waals surface area contributed by atoms with Gasteiger partial charge in [0, 0.05) is 25.4 Å². The summed E-state index contributed by atoms with van der Waals surface area (Å²) in [5, 5.41) is 3.00. The van der Waals surface area contributed by atoms with Crippen LogP contribution in [0.2, 0.25) is 0 Å². The van der Waals surface area contributed by atoms with Crippen molar-refractivity contribution >= 4 is 16.9 Å². The van der Waals surface area contributed by atoms with Crippen molar-refractivity contribution in [3.63, 3.8) is 0 Å². The van der Waals surface area contributed by atoms with E-state index in [9.17, 15) is 4.79 Å². The normalized spacial score (nSPS) is 11.4. The number of hydrogen-bond acceptors (Lipinski definition) is 3. The van der Waals surface area contributed by atoms with E-state index in [1.165, 1.54) is 5.56 Å². The number of unbranched alkanes of at least 4 members (excludes halogenated alkanes) is 1. The van der Waals surface area contributed by atoms with Crippen molar-refractivity contribution in [3.8, 4) is 5.75 Å². The number of imidazole rings is 1. The number of carbonyl (C=O) groups is 1. The maximum absolute atomic E-state index is 11.9. The van der Waals surface area contributed by atoms with Crippen LogP contribution in [0.1, 0.15) is 57.8 Å². The number of hydrogen-bond donors (Lipinski definition) is 1. The third-order valence-corrected chi connectivity index (χ3v) is 5.48. The Morgan fingerprint density at radius 2 is 1.77 bits per heavy atom. The fraction of sp³-hybridized carbons (Fsp3) is 0.462. The van der Waals surface area contributed by atoms with Crippen LogP contribution < -0.4 is 10.1 Å². The van der Waals surface area contributed by atoms with E-state index in [1.54, 1.807) is 0 Å². The summed E-state index contributed by atoms with van der Waals surface area (Å²) >= 11 is 0. The number of ether oxygens (including phenoxy) is 1. The molecule has 0 saturated heterocycles. The molecule has 31 heavy (non-hydrogen) atoms. The van der Waals surface area contributed by atoms with Crippen LogP contribution in [0, 0.1) is 5.92 Å². The molecule has 1 amide bonds. The predicted molar refractivity (Wildman–Crippen MR) is 127 cm³/mol. The van der Waals surface area contributed by atoms with Crippen LogP contribution in [0.25, 0.3) is 11.0 Å². The van der Waals surface area contributed by atoms with E-state index in [4.69, 9.17) is 9.72 Å². The number of nitrogens with zero attached hydrogens (tertiary/aromatic N) is 2. The summed E-state index contributed by atoms with van der Waals surface area (Å²) in [6.07, 6.45) is 2.71. The van der Waals surface area contributed by atoms with Crippen molar-refractivity contribution in [2.45, 2.75) is 59.4 Å². The molecule has 2 aromatic carbocycles. The first-order valence-electron chi connectivity index (χ1n) is 11.4. The molecule has 1 heterocycles. The lowest BCUT2D eigenvalue weighted by Gasteiger charge is -2.14. The summed E-state index contributed by atoms with van der Waals surface area (Å²) in [7, 11) is 0. The van der Waals surface area contributed by atoms with Gasteiger partial charge in [0.25, 0.3) is 0 Å². The molecule has 166 valence electrons. The van der Waals surface area contributed by atoms with Gasteiger partial charge in [-0.3, -0.25) is 4.79 Å². The smallest absolute Gasteiger partial charge is 0.222 e. The number of aromatic nitrogens is 2. The Balaban J connectivity index is 1.57. The summed E-state index contributed by atoms with van der Waals surface area (Å²) in [5.74, 6) is 2.55. The van der Waals surface area contributed by atoms with Crippen molar-refractivity contribution in [1.82, 2.24) is 14.9 Å². The number of aryl methyl sites for hydroxylation is 1. The zero-order valence-corrected chi connectivity index (χ0v) is 19.2. The van der Waals surface area contributed by atoms with Crippen molar-refractivity contribution < 1.29 is 9.53 Å². The summed E-state index contributed by atoms with van der Waals surface area (Å²) < 4.78 is 8.37. The molecule has 0 saturated carbocycles. The second-order valence-corrected chi connectivity index (χ2v) is 8.61. The van der Waals surface area contributed by atoms with Crippen molar-refractivity contribution in [3.05, 3.63) is 59.9 Å². The average molecular weight is 422 g/mol. The Kier molecular flexibility index (Phi) is 8.10. The van der Waals surface area contributed by atoms with Gasteiger partial charge in [0.15, 0.2) is 0 Å². The SMILES string of the molecule is CC(C)C(=O)NCCc1nc2ccccc2n1CCCCOc1ccccc1C(C)C. The van der Waals surface area contributed by atoms with Gasteiger partial charge in [-0.2, -0.15) is 0 Å². The highest BCUT2D eigenvalue weighted by atomic mass is 16.5. The van der Waals surface area contributed by atoms with E-state index >= 15 is 0 Å². The van der Waals surface area contributed by atoms with Crippen molar-refractivity contribution in [2.75, 3.05) is 13.2 Å². The van der Waals surface area contributed by atoms with Gasteiger partial charge in [0.1, 0.15) is 11.6 Å². The number of para-hydroxylation sites is 3. The van der Waals surface area contributed by atoms with Crippen LogP contribution in [0.5, 0.6) is 5.75 Å². The molecule has 3 rings (SSSR count). The average Bonchev–Trinajstić information content (AvgIpc) is 3.11. The first-order chi connectivity index (χ1) is 15.0. The molecule has 5 heteroatoms. The molecule has 5 nitrogen and oxygen atoms in total. The van der Waals surface area contributed by atoms with Crippen molar-refractivity contribution in [1.29, 1.82) is 0 Å². The summed E-state index contributed by atoms with van der Waals surface area (Å²) in [6, 6.07) is 16.5. The Bertz CT molecular complexity index is 991. The van der Waals surface area contributed by atoms with Gasteiger partial charge in [0.2, 0.25) is 5.91 Å². The number of amides is 1. The minimum Gasteiger partial charge on any atom is -0.493 e. The molecular formula is C26H35N3O2. The first-order valence-corrected chi connectivity index (χ1v) is 11.4. The lowest BCUT2D eigenvalue weighted by atomic mass is 10.0. The molecule has 0 radical (unpaired) electrons.